The highest BCUT2D eigenvalue weighted by Crippen LogP contribution is 2.21. The van der Waals surface area contributed by atoms with Crippen molar-refractivity contribution in [1.29, 1.82) is 0 Å². The first-order valence-corrected chi connectivity index (χ1v) is 7.70. The van der Waals surface area contributed by atoms with Crippen LogP contribution in [0.2, 0.25) is 0 Å². The van der Waals surface area contributed by atoms with Gasteiger partial charge in [-0.15, -0.1) is 0 Å². The molecule has 1 aromatic carbocycles. The molecule has 2 aromatic rings. The Bertz CT molecular complexity index is 698. The fraction of sp³-hybridized carbons (Fsp3) is 0.412. The third-order valence-electron chi connectivity index (χ3n) is 3.37. The molecule has 0 saturated carbocycles. The van der Waals surface area contributed by atoms with Crippen molar-refractivity contribution in [1.82, 2.24) is 4.57 Å². The van der Waals surface area contributed by atoms with E-state index in [4.69, 9.17) is 14.2 Å². The molecule has 6 nitrogen and oxygen atoms in total. The fourth-order valence-electron chi connectivity index (χ4n) is 2.29. The number of halogens is 1. The Morgan fingerprint density at radius 2 is 1.96 bits per heavy atom. The summed E-state index contributed by atoms with van der Waals surface area (Å²) in [6, 6.07) is 4.08. The Labute approximate surface area is 139 Å². The lowest BCUT2D eigenvalue weighted by atomic mass is 10.2. The number of nitrogens with zero attached hydrogens (tertiary/aromatic N) is 1. The Morgan fingerprint density at radius 1 is 1.21 bits per heavy atom. The Hall–Kier alpha value is -2.25. The standard InChI is InChI=1S/C17H20FNO5/c1-2-22-5-6-23-7-8-24-17(21)11-19-10-13(12-20)15-9-14(18)3-4-16(15)19/h3-4,9-10,12H,2,5-8,11H2,1H3. The van der Waals surface area contributed by atoms with Crippen LogP contribution >= 0.6 is 0 Å². The van der Waals surface area contributed by atoms with Crippen LogP contribution in [0.4, 0.5) is 4.39 Å². The molecule has 0 spiro atoms. The third kappa shape index (κ3) is 4.87. The highest BCUT2D eigenvalue weighted by Gasteiger charge is 2.12. The largest absolute Gasteiger partial charge is 0.462 e. The van der Waals surface area contributed by atoms with Gasteiger partial charge in [0.25, 0.3) is 0 Å². The van der Waals surface area contributed by atoms with Crippen molar-refractivity contribution >= 4 is 23.2 Å². The summed E-state index contributed by atoms with van der Waals surface area (Å²) in [6.45, 7) is 3.85. The fourth-order valence-corrected chi connectivity index (χ4v) is 2.29. The minimum absolute atomic E-state index is 0.0606. The molecule has 0 saturated heterocycles. The number of rotatable bonds is 10. The molecule has 0 amide bonds. The number of hydrogen-bond donors (Lipinski definition) is 0. The summed E-state index contributed by atoms with van der Waals surface area (Å²) in [4.78, 5) is 22.9. The molecule has 0 bridgehead atoms. The molecular weight excluding hydrogens is 317 g/mol. The Balaban J connectivity index is 1.86. The van der Waals surface area contributed by atoms with Crippen LogP contribution in [0.1, 0.15) is 17.3 Å². The van der Waals surface area contributed by atoms with Crippen molar-refractivity contribution in [2.75, 3.05) is 33.0 Å². The van der Waals surface area contributed by atoms with Gasteiger partial charge < -0.3 is 18.8 Å². The lowest BCUT2D eigenvalue weighted by molar-refractivity contribution is -0.145. The van der Waals surface area contributed by atoms with E-state index in [1.807, 2.05) is 6.92 Å². The number of ether oxygens (including phenoxy) is 3. The van der Waals surface area contributed by atoms with Crippen LogP contribution in [0.3, 0.4) is 0 Å². The van der Waals surface area contributed by atoms with Gasteiger partial charge in [-0.3, -0.25) is 9.59 Å². The predicted molar refractivity (Wildman–Crippen MR) is 85.6 cm³/mol. The van der Waals surface area contributed by atoms with Gasteiger partial charge in [0.05, 0.1) is 19.8 Å². The van der Waals surface area contributed by atoms with Gasteiger partial charge in [-0.2, -0.15) is 0 Å². The zero-order valence-electron chi connectivity index (χ0n) is 13.5. The van der Waals surface area contributed by atoms with Crippen molar-refractivity contribution in [3.8, 4) is 0 Å². The molecule has 0 fully saturated rings. The number of hydrogen-bond acceptors (Lipinski definition) is 5. The van der Waals surface area contributed by atoms with E-state index < -0.39 is 11.8 Å². The summed E-state index contributed by atoms with van der Waals surface area (Å²) in [5.41, 5.74) is 0.931. The number of carbonyl (C=O) groups is 2. The Morgan fingerprint density at radius 3 is 2.71 bits per heavy atom. The van der Waals surface area contributed by atoms with Crippen LogP contribution < -0.4 is 0 Å². The minimum Gasteiger partial charge on any atom is -0.462 e. The van der Waals surface area contributed by atoms with Crippen molar-refractivity contribution in [2.24, 2.45) is 0 Å². The summed E-state index contributed by atoms with van der Waals surface area (Å²) >= 11 is 0. The third-order valence-corrected chi connectivity index (χ3v) is 3.37. The van der Waals surface area contributed by atoms with Crippen LogP contribution in [0.25, 0.3) is 10.9 Å². The Kier molecular flexibility index (Phi) is 6.89. The normalized spacial score (nSPS) is 10.9. The molecule has 2 rings (SSSR count). The van der Waals surface area contributed by atoms with Gasteiger partial charge in [0, 0.05) is 29.3 Å². The highest BCUT2D eigenvalue weighted by atomic mass is 19.1. The molecule has 0 atom stereocenters. The second-order valence-electron chi connectivity index (χ2n) is 5.02. The summed E-state index contributed by atoms with van der Waals surface area (Å²) in [6.07, 6.45) is 2.15. The molecule has 0 aliphatic rings. The van der Waals surface area contributed by atoms with Gasteiger partial charge in [-0.05, 0) is 25.1 Å². The van der Waals surface area contributed by atoms with E-state index in [-0.39, 0.29) is 19.8 Å². The highest BCUT2D eigenvalue weighted by molar-refractivity contribution is 5.98. The minimum atomic E-state index is -0.456. The predicted octanol–water partition coefficient (Wildman–Crippen LogP) is 2.19. The molecule has 0 aliphatic heterocycles. The van der Waals surface area contributed by atoms with E-state index in [9.17, 15) is 14.0 Å². The smallest absolute Gasteiger partial charge is 0.326 e. The van der Waals surface area contributed by atoms with Gasteiger partial charge in [0.2, 0.25) is 0 Å². The maximum atomic E-state index is 13.3. The van der Waals surface area contributed by atoms with E-state index >= 15 is 0 Å². The molecule has 1 aromatic heterocycles. The van der Waals surface area contributed by atoms with Crippen molar-refractivity contribution in [3.63, 3.8) is 0 Å². The maximum absolute atomic E-state index is 13.3. The van der Waals surface area contributed by atoms with E-state index in [1.165, 1.54) is 24.4 Å². The molecule has 0 aliphatic carbocycles. The summed E-state index contributed by atoms with van der Waals surface area (Å²) in [5, 5.41) is 0.469. The first kappa shape index (κ1) is 18.1. The lowest BCUT2D eigenvalue weighted by Crippen LogP contribution is -2.16. The van der Waals surface area contributed by atoms with Gasteiger partial charge >= 0.3 is 5.97 Å². The summed E-state index contributed by atoms with van der Waals surface area (Å²) in [7, 11) is 0. The number of aromatic nitrogens is 1. The number of benzene rings is 1. The average molecular weight is 337 g/mol. The second-order valence-corrected chi connectivity index (χ2v) is 5.02. The molecule has 1 heterocycles. The number of fused-ring (bicyclic) bond motifs is 1. The topological polar surface area (TPSA) is 66.8 Å². The summed E-state index contributed by atoms with van der Waals surface area (Å²) < 4.78 is 30.3. The van der Waals surface area contributed by atoms with Gasteiger partial charge in [0.1, 0.15) is 19.0 Å². The molecular formula is C17H20FNO5. The van der Waals surface area contributed by atoms with E-state index in [1.54, 1.807) is 4.57 Å². The number of aldehydes is 1. The first-order chi connectivity index (χ1) is 11.7. The number of carbonyl (C=O) groups excluding carboxylic acids is 2. The zero-order valence-corrected chi connectivity index (χ0v) is 13.5. The molecule has 0 radical (unpaired) electrons. The van der Waals surface area contributed by atoms with E-state index in [0.717, 1.165) is 0 Å². The average Bonchev–Trinajstić information content (AvgIpc) is 2.91. The van der Waals surface area contributed by atoms with Crippen LogP contribution in [0.15, 0.2) is 24.4 Å². The van der Waals surface area contributed by atoms with Crippen LogP contribution in [0.5, 0.6) is 0 Å². The molecule has 0 unspecified atom stereocenters. The SMILES string of the molecule is CCOCCOCCOC(=O)Cn1cc(C=O)c2cc(F)ccc21. The van der Waals surface area contributed by atoms with Crippen molar-refractivity contribution in [3.05, 3.63) is 35.8 Å². The molecule has 24 heavy (non-hydrogen) atoms. The second kappa shape index (κ2) is 9.14. The monoisotopic (exact) mass is 337 g/mol. The molecule has 130 valence electrons. The molecule has 7 heteroatoms. The van der Waals surface area contributed by atoms with Crippen LogP contribution in [-0.4, -0.2) is 49.9 Å². The van der Waals surface area contributed by atoms with E-state index in [2.05, 4.69) is 0 Å². The lowest BCUT2D eigenvalue weighted by Gasteiger charge is -2.08. The van der Waals surface area contributed by atoms with Gasteiger partial charge in [0.15, 0.2) is 6.29 Å². The van der Waals surface area contributed by atoms with Crippen molar-refractivity contribution in [2.45, 2.75) is 13.5 Å². The van der Waals surface area contributed by atoms with Crippen LogP contribution in [-0.2, 0) is 25.5 Å². The van der Waals surface area contributed by atoms with Crippen molar-refractivity contribution < 1.29 is 28.2 Å². The molecule has 0 N–H and O–H groups in total. The van der Waals surface area contributed by atoms with E-state index in [0.29, 0.717) is 42.6 Å². The summed E-state index contributed by atoms with van der Waals surface area (Å²) in [5.74, 6) is -0.891. The quantitative estimate of drug-likeness (QED) is 0.378. The zero-order chi connectivity index (χ0) is 17.4. The maximum Gasteiger partial charge on any atom is 0.326 e. The number of esters is 1. The first-order valence-electron chi connectivity index (χ1n) is 7.70. The van der Waals surface area contributed by atoms with Gasteiger partial charge in [-0.25, -0.2) is 4.39 Å². The van der Waals surface area contributed by atoms with Gasteiger partial charge in [-0.1, -0.05) is 0 Å². The van der Waals surface area contributed by atoms with Crippen LogP contribution in [0, 0.1) is 5.82 Å².